The van der Waals surface area contributed by atoms with Crippen LogP contribution in [0.1, 0.15) is 46.1 Å². The summed E-state index contributed by atoms with van der Waals surface area (Å²) in [7, 11) is 0. The summed E-state index contributed by atoms with van der Waals surface area (Å²) in [5.74, 6) is -2.09. The van der Waals surface area contributed by atoms with Gasteiger partial charge < -0.3 is 15.2 Å². The maximum atomic E-state index is 13.7. The van der Waals surface area contributed by atoms with E-state index in [-0.39, 0.29) is 24.2 Å². The zero-order valence-electron chi connectivity index (χ0n) is 15.8. The number of amides is 1. The van der Waals surface area contributed by atoms with E-state index in [1.165, 1.54) is 6.07 Å². The largest absolute Gasteiger partial charge is 0.479 e. The van der Waals surface area contributed by atoms with E-state index in [2.05, 4.69) is 5.32 Å². The van der Waals surface area contributed by atoms with Crippen LogP contribution in [0.4, 0.5) is 4.39 Å². The molecule has 5 nitrogen and oxygen atoms in total. The summed E-state index contributed by atoms with van der Waals surface area (Å²) in [5, 5.41) is 12.5. The lowest BCUT2D eigenvalue weighted by Crippen LogP contribution is -2.76. The van der Waals surface area contributed by atoms with Gasteiger partial charge in [-0.25, -0.2) is 9.18 Å². The van der Waals surface area contributed by atoms with E-state index in [0.29, 0.717) is 25.0 Å². The maximum absolute atomic E-state index is 13.7. The van der Waals surface area contributed by atoms with Crippen LogP contribution in [-0.4, -0.2) is 35.2 Å². The number of carbonyl (C=O) groups is 2. The van der Waals surface area contributed by atoms with Crippen molar-refractivity contribution in [2.24, 2.45) is 11.3 Å². The van der Waals surface area contributed by atoms with Crippen molar-refractivity contribution in [1.29, 1.82) is 0 Å². The van der Waals surface area contributed by atoms with Gasteiger partial charge in [-0.15, -0.1) is 0 Å². The minimum Gasteiger partial charge on any atom is -0.479 e. The average molecular weight is 365 g/mol. The first-order valence-electron chi connectivity index (χ1n) is 9.06. The Morgan fingerprint density at radius 2 is 2.04 bits per heavy atom. The highest BCUT2D eigenvalue weighted by Gasteiger charge is 2.66. The normalized spacial score (nSPS) is 25.2. The second kappa shape index (κ2) is 7.74. The van der Waals surface area contributed by atoms with E-state index < -0.39 is 22.8 Å². The Labute approximate surface area is 153 Å². The van der Waals surface area contributed by atoms with Gasteiger partial charge in [0.1, 0.15) is 11.4 Å². The van der Waals surface area contributed by atoms with E-state index in [4.69, 9.17) is 4.74 Å². The highest BCUT2D eigenvalue weighted by Crippen LogP contribution is 2.51. The van der Waals surface area contributed by atoms with Crippen molar-refractivity contribution in [3.8, 4) is 0 Å². The lowest BCUT2D eigenvalue weighted by molar-refractivity contribution is -0.195. The Morgan fingerprint density at radius 1 is 1.38 bits per heavy atom. The SMILES string of the molecule is CCOC1CC(NC(=O)C(C)CCc2ccccc2F)(C(=O)O)C1(C)C. The Hall–Kier alpha value is -1.95. The van der Waals surface area contributed by atoms with Gasteiger partial charge in [0.2, 0.25) is 5.91 Å². The summed E-state index contributed by atoms with van der Waals surface area (Å²) in [6, 6.07) is 6.47. The van der Waals surface area contributed by atoms with Gasteiger partial charge in [-0.1, -0.05) is 39.0 Å². The molecule has 3 unspecified atom stereocenters. The summed E-state index contributed by atoms with van der Waals surface area (Å²) in [6.45, 7) is 7.69. The van der Waals surface area contributed by atoms with Gasteiger partial charge in [-0.05, 0) is 31.4 Å². The number of ether oxygens (including phenoxy) is 1. The Balaban J connectivity index is 2.02. The van der Waals surface area contributed by atoms with E-state index >= 15 is 0 Å². The Bertz CT molecular complexity index is 676. The van der Waals surface area contributed by atoms with Crippen LogP contribution in [0.15, 0.2) is 24.3 Å². The van der Waals surface area contributed by atoms with Crippen LogP contribution in [0.3, 0.4) is 0 Å². The molecule has 1 aromatic rings. The molecular formula is C20H28FNO4. The van der Waals surface area contributed by atoms with Crippen LogP contribution in [0.25, 0.3) is 0 Å². The number of benzene rings is 1. The third-order valence-corrected chi connectivity index (χ3v) is 5.72. The number of rotatable bonds is 8. The van der Waals surface area contributed by atoms with Gasteiger partial charge in [0, 0.05) is 24.4 Å². The number of carboxylic acid groups (broad SMARTS) is 1. The van der Waals surface area contributed by atoms with Crippen LogP contribution < -0.4 is 5.32 Å². The molecule has 1 amide bonds. The number of aryl methyl sites for hydroxylation is 1. The number of carbonyl (C=O) groups excluding carboxylic acids is 1. The number of hydrogen-bond acceptors (Lipinski definition) is 3. The van der Waals surface area contributed by atoms with Gasteiger partial charge in [0.15, 0.2) is 0 Å². The highest BCUT2D eigenvalue weighted by molar-refractivity contribution is 5.90. The van der Waals surface area contributed by atoms with E-state index in [0.717, 1.165) is 0 Å². The molecule has 26 heavy (non-hydrogen) atoms. The number of hydrogen-bond donors (Lipinski definition) is 2. The van der Waals surface area contributed by atoms with Crippen LogP contribution in [0.5, 0.6) is 0 Å². The predicted molar refractivity (Wildman–Crippen MR) is 96.2 cm³/mol. The maximum Gasteiger partial charge on any atom is 0.330 e. The molecule has 144 valence electrons. The van der Waals surface area contributed by atoms with Crippen molar-refractivity contribution in [3.63, 3.8) is 0 Å². The van der Waals surface area contributed by atoms with Crippen LogP contribution in [-0.2, 0) is 20.7 Å². The van der Waals surface area contributed by atoms with E-state index in [1.54, 1.807) is 39.0 Å². The third-order valence-electron chi connectivity index (χ3n) is 5.72. The van der Waals surface area contributed by atoms with Crippen LogP contribution in [0.2, 0.25) is 0 Å². The molecule has 1 aliphatic carbocycles. The van der Waals surface area contributed by atoms with Crippen molar-refractivity contribution in [2.75, 3.05) is 6.61 Å². The van der Waals surface area contributed by atoms with Gasteiger partial charge >= 0.3 is 5.97 Å². The lowest BCUT2D eigenvalue weighted by Gasteiger charge is -2.58. The quantitative estimate of drug-likeness (QED) is 0.742. The molecule has 1 aromatic carbocycles. The second-order valence-corrected chi connectivity index (χ2v) is 7.60. The smallest absolute Gasteiger partial charge is 0.330 e. The van der Waals surface area contributed by atoms with Crippen molar-refractivity contribution in [2.45, 2.75) is 58.6 Å². The molecule has 2 rings (SSSR count). The predicted octanol–water partition coefficient (Wildman–Crippen LogP) is 3.17. The second-order valence-electron chi connectivity index (χ2n) is 7.60. The molecule has 3 atom stereocenters. The molecule has 0 bridgehead atoms. The number of nitrogens with one attached hydrogen (secondary N) is 1. The van der Waals surface area contributed by atoms with Crippen molar-refractivity contribution < 1.29 is 23.8 Å². The van der Waals surface area contributed by atoms with Gasteiger partial charge in [-0.2, -0.15) is 0 Å². The van der Waals surface area contributed by atoms with E-state index in [1.807, 2.05) is 6.92 Å². The summed E-state index contributed by atoms with van der Waals surface area (Å²) < 4.78 is 19.3. The molecule has 1 aliphatic rings. The molecule has 0 spiro atoms. The van der Waals surface area contributed by atoms with Crippen molar-refractivity contribution in [1.82, 2.24) is 5.32 Å². The van der Waals surface area contributed by atoms with Crippen LogP contribution >= 0.6 is 0 Å². The molecule has 0 heterocycles. The van der Waals surface area contributed by atoms with E-state index in [9.17, 15) is 19.1 Å². The van der Waals surface area contributed by atoms with Crippen molar-refractivity contribution >= 4 is 11.9 Å². The molecule has 0 radical (unpaired) electrons. The molecule has 2 N–H and O–H groups in total. The summed E-state index contributed by atoms with van der Waals surface area (Å²) in [5.41, 5.74) is -1.49. The van der Waals surface area contributed by atoms with Crippen LogP contribution in [0, 0.1) is 17.2 Å². The molecular weight excluding hydrogens is 337 g/mol. The lowest BCUT2D eigenvalue weighted by atomic mass is 9.54. The number of aliphatic carboxylic acids is 1. The summed E-state index contributed by atoms with van der Waals surface area (Å²) in [4.78, 5) is 24.5. The summed E-state index contributed by atoms with van der Waals surface area (Å²) in [6.07, 6.45) is 0.900. The molecule has 6 heteroatoms. The minimum atomic E-state index is -1.34. The fourth-order valence-corrected chi connectivity index (χ4v) is 3.57. The zero-order chi connectivity index (χ0) is 19.5. The first-order valence-corrected chi connectivity index (χ1v) is 9.06. The van der Waals surface area contributed by atoms with Gasteiger partial charge in [0.25, 0.3) is 0 Å². The Kier molecular flexibility index (Phi) is 6.06. The standard InChI is InChI=1S/C20H28FNO4/c1-5-26-16-12-20(18(24)25,19(16,3)4)22-17(23)13(2)10-11-14-8-6-7-9-15(14)21/h6-9,13,16H,5,10-12H2,1-4H3,(H,22,23)(H,24,25). The first kappa shape index (κ1) is 20.4. The topological polar surface area (TPSA) is 75.6 Å². The average Bonchev–Trinajstić information content (AvgIpc) is 2.59. The molecule has 1 saturated carbocycles. The number of halogens is 1. The fourth-order valence-electron chi connectivity index (χ4n) is 3.57. The molecule has 0 aromatic heterocycles. The van der Waals surface area contributed by atoms with Crippen molar-refractivity contribution in [3.05, 3.63) is 35.6 Å². The third kappa shape index (κ3) is 3.61. The highest BCUT2D eigenvalue weighted by atomic mass is 19.1. The molecule has 0 saturated heterocycles. The summed E-state index contributed by atoms with van der Waals surface area (Å²) >= 11 is 0. The Morgan fingerprint density at radius 3 is 2.58 bits per heavy atom. The van der Waals surface area contributed by atoms with Gasteiger partial charge in [0.05, 0.1) is 6.10 Å². The first-order chi connectivity index (χ1) is 12.2. The monoisotopic (exact) mass is 365 g/mol. The number of carboxylic acids is 1. The zero-order valence-corrected chi connectivity index (χ0v) is 15.8. The van der Waals surface area contributed by atoms with Gasteiger partial charge in [-0.3, -0.25) is 4.79 Å². The molecule has 1 fully saturated rings. The fraction of sp³-hybridized carbons (Fsp3) is 0.600. The molecule has 0 aliphatic heterocycles. The minimum absolute atomic E-state index is 0.211.